The number of rotatable bonds is 2. The molecule has 5 heteroatoms. The van der Waals surface area contributed by atoms with Crippen molar-refractivity contribution in [3.8, 4) is 11.5 Å². The van der Waals surface area contributed by atoms with Crippen LogP contribution in [0.1, 0.15) is 13.3 Å². The molecule has 1 aromatic carbocycles. The van der Waals surface area contributed by atoms with E-state index < -0.39 is 6.10 Å². The molecule has 1 fully saturated rings. The van der Waals surface area contributed by atoms with Gasteiger partial charge in [0.15, 0.2) is 11.5 Å². The number of amides is 1. The number of hydrogen-bond donors (Lipinski definition) is 0. The first-order chi connectivity index (χ1) is 9.70. The molecule has 0 aliphatic carbocycles. The standard InChI is InChI=1S/C15H18BrNO3/c1-10-6-7-17(11(10)8-16)15(18)14-9-19-12-4-2-3-5-13(12)20-14/h2-5,10-11,14H,6-9H2,1H3. The summed E-state index contributed by atoms with van der Waals surface area (Å²) in [7, 11) is 0. The van der Waals surface area contributed by atoms with Crippen molar-refractivity contribution in [2.45, 2.75) is 25.5 Å². The summed E-state index contributed by atoms with van der Waals surface area (Å²) in [6, 6.07) is 7.73. The Kier molecular flexibility index (Phi) is 3.87. The first-order valence-electron chi connectivity index (χ1n) is 6.95. The van der Waals surface area contributed by atoms with Crippen molar-refractivity contribution in [2.24, 2.45) is 5.92 Å². The Bertz CT molecular complexity index is 508. The Labute approximate surface area is 127 Å². The van der Waals surface area contributed by atoms with E-state index in [2.05, 4.69) is 22.9 Å². The molecule has 0 aromatic heterocycles. The van der Waals surface area contributed by atoms with Gasteiger partial charge in [-0.2, -0.15) is 0 Å². The maximum atomic E-state index is 12.6. The average molecular weight is 340 g/mol. The predicted molar refractivity (Wildman–Crippen MR) is 79.4 cm³/mol. The van der Waals surface area contributed by atoms with Crippen molar-refractivity contribution >= 4 is 21.8 Å². The van der Waals surface area contributed by atoms with Crippen LogP contribution in [0.4, 0.5) is 0 Å². The first kappa shape index (κ1) is 13.7. The predicted octanol–water partition coefficient (Wildman–Crippen LogP) is 2.46. The van der Waals surface area contributed by atoms with Gasteiger partial charge in [0.05, 0.1) is 0 Å². The highest BCUT2D eigenvalue weighted by atomic mass is 79.9. The van der Waals surface area contributed by atoms with E-state index in [4.69, 9.17) is 9.47 Å². The maximum absolute atomic E-state index is 12.6. The van der Waals surface area contributed by atoms with Crippen LogP contribution in [0.15, 0.2) is 24.3 Å². The summed E-state index contributed by atoms with van der Waals surface area (Å²) in [6.45, 7) is 3.28. The van der Waals surface area contributed by atoms with Gasteiger partial charge in [0.2, 0.25) is 6.10 Å². The normalized spacial score (nSPS) is 28.5. The fourth-order valence-electron chi connectivity index (χ4n) is 2.84. The number of ether oxygens (including phenoxy) is 2. The molecule has 0 bridgehead atoms. The third kappa shape index (κ3) is 2.39. The van der Waals surface area contributed by atoms with Gasteiger partial charge in [-0.1, -0.05) is 35.0 Å². The smallest absolute Gasteiger partial charge is 0.267 e. The highest BCUT2D eigenvalue weighted by Gasteiger charge is 2.39. The van der Waals surface area contributed by atoms with Crippen LogP contribution >= 0.6 is 15.9 Å². The lowest BCUT2D eigenvalue weighted by atomic mass is 10.1. The number of carbonyl (C=O) groups is 1. The highest BCUT2D eigenvalue weighted by molar-refractivity contribution is 9.09. The SMILES string of the molecule is CC1CCN(C(=O)C2COc3ccccc3O2)C1CBr. The minimum atomic E-state index is -0.531. The van der Waals surface area contributed by atoms with Crippen LogP contribution in [0, 0.1) is 5.92 Å². The van der Waals surface area contributed by atoms with Gasteiger partial charge in [-0.15, -0.1) is 0 Å². The van der Waals surface area contributed by atoms with Crippen LogP contribution in [0.3, 0.4) is 0 Å². The van der Waals surface area contributed by atoms with Crippen molar-refractivity contribution in [3.63, 3.8) is 0 Å². The van der Waals surface area contributed by atoms with Crippen molar-refractivity contribution in [3.05, 3.63) is 24.3 Å². The molecule has 0 radical (unpaired) electrons. The molecule has 1 amide bonds. The minimum Gasteiger partial charge on any atom is -0.485 e. The van der Waals surface area contributed by atoms with Crippen LogP contribution in [-0.4, -0.2) is 41.4 Å². The third-order valence-corrected chi connectivity index (χ3v) is 4.77. The molecule has 1 saturated heterocycles. The summed E-state index contributed by atoms with van der Waals surface area (Å²) < 4.78 is 11.4. The van der Waals surface area contributed by atoms with E-state index in [1.165, 1.54) is 0 Å². The molecule has 108 valence electrons. The molecule has 3 rings (SSSR count). The summed E-state index contributed by atoms with van der Waals surface area (Å²) in [5.41, 5.74) is 0. The zero-order valence-electron chi connectivity index (χ0n) is 11.4. The second-order valence-corrected chi connectivity index (χ2v) is 6.03. The molecule has 2 heterocycles. The molecule has 20 heavy (non-hydrogen) atoms. The Morgan fingerprint density at radius 3 is 2.90 bits per heavy atom. The fraction of sp³-hybridized carbons (Fsp3) is 0.533. The van der Waals surface area contributed by atoms with E-state index in [-0.39, 0.29) is 18.6 Å². The molecule has 0 spiro atoms. The molecule has 2 aliphatic rings. The zero-order chi connectivity index (χ0) is 14.1. The molecular formula is C15H18BrNO3. The van der Waals surface area contributed by atoms with E-state index in [0.717, 1.165) is 18.3 Å². The zero-order valence-corrected chi connectivity index (χ0v) is 13.0. The Morgan fingerprint density at radius 1 is 1.40 bits per heavy atom. The van der Waals surface area contributed by atoms with Crippen LogP contribution in [0.2, 0.25) is 0 Å². The van der Waals surface area contributed by atoms with Crippen LogP contribution in [0.5, 0.6) is 11.5 Å². The number of fused-ring (bicyclic) bond motifs is 1. The summed E-state index contributed by atoms with van der Waals surface area (Å²) >= 11 is 3.51. The molecule has 2 aliphatic heterocycles. The van der Waals surface area contributed by atoms with E-state index in [1.807, 2.05) is 29.2 Å². The molecule has 0 N–H and O–H groups in total. The molecule has 0 saturated carbocycles. The number of alkyl halides is 1. The number of para-hydroxylation sites is 2. The minimum absolute atomic E-state index is 0.0355. The number of hydrogen-bond acceptors (Lipinski definition) is 3. The number of benzene rings is 1. The summed E-state index contributed by atoms with van der Waals surface area (Å²) in [5.74, 6) is 1.92. The lowest BCUT2D eigenvalue weighted by Crippen LogP contribution is -2.49. The number of likely N-dealkylation sites (tertiary alicyclic amines) is 1. The summed E-state index contributed by atoms with van der Waals surface area (Å²) in [5, 5.41) is 0.810. The summed E-state index contributed by atoms with van der Waals surface area (Å²) in [6.07, 6.45) is 0.517. The van der Waals surface area contributed by atoms with Crippen LogP contribution < -0.4 is 9.47 Å². The van der Waals surface area contributed by atoms with Gasteiger partial charge in [0.25, 0.3) is 5.91 Å². The molecule has 3 atom stereocenters. The van der Waals surface area contributed by atoms with Crippen molar-refractivity contribution in [1.82, 2.24) is 4.90 Å². The van der Waals surface area contributed by atoms with Gasteiger partial charge in [0, 0.05) is 17.9 Å². The number of carbonyl (C=O) groups excluding carboxylic acids is 1. The quantitative estimate of drug-likeness (QED) is 0.777. The summed E-state index contributed by atoms with van der Waals surface area (Å²) in [4.78, 5) is 14.6. The van der Waals surface area contributed by atoms with Gasteiger partial charge in [-0.25, -0.2) is 0 Å². The fourth-order valence-corrected chi connectivity index (χ4v) is 3.83. The Balaban J connectivity index is 1.73. The van der Waals surface area contributed by atoms with Crippen LogP contribution in [0.25, 0.3) is 0 Å². The van der Waals surface area contributed by atoms with Crippen molar-refractivity contribution in [1.29, 1.82) is 0 Å². The van der Waals surface area contributed by atoms with Gasteiger partial charge in [-0.05, 0) is 24.5 Å². The van der Waals surface area contributed by atoms with Crippen LogP contribution in [-0.2, 0) is 4.79 Å². The monoisotopic (exact) mass is 339 g/mol. The second-order valence-electron chi connectivity index (χ2n) is 5.38. The third-order valence-electron chi connectivity index (χ3n) is 4.11. The second kappa shape index (κ2) is 5.64. The molecule has 3 unspecified atom stereocenters. The maximum Gasteiger partial charge on any atom is 0.267 e. The average Bonchev–Trinajstić information content (AvgIpc) is 2.86. The van der Waals surface area contributed by atoms with Gasteiger partial charge >= 0.3 is 0 Å². The topological polar surface area (TPSA) is 38.8 Å². The van der Waals surface area contributed by atoms with Crippen molar-refractivity contribution in [2.75, 3.05) is 18.5 Å². The Hall–Kier alpha value is -1.23. The van der Waals surface area contributed by atoms with Gasteiger partial charge < -0.3 is 14.4 Å². The number of nitrogens with zero attached hydrogens (tertiary/aromatic N) is 1. The lowest BCUT2D eigenvalue weighted by molar-refractivity contribution is -0.141. The molecule has 4 nitrogen and oxygen atoms in total. The highest BCUT2D eigenvalue weighted by Crippen LogP contribution is 2.33. The molecular weight excluding hydrogens is 322 g/mol. The van der Waals surface area contributed by atoms with Gasteiger partial charge in [-0.3, -0.25) is 4.79 Å². The van der Waals surface area contributed by atoms with Gasteiger partial charge in [0.1, 0.15) is 6.61 Å². The largest absolute Gasteiger partial charge is 0.485 e. The van der Waals surface area contributed by atoms with Crippen molar-refractivity contribution < 1.29 is 14.3 Å². The first-order valence-corrected chi connectivity index (χ1v) is 8.07. The lowest BCUT2D eigenvalue weighted by Gasteiger charge is -2.32. The molecule has 1 aromatic rings. The van der Waals surface area contributed by atoms with E-state index in [0.29, 0.717) is 17.4 Å². The van der Waals surface area contributed by atoms with E-state index >= 15 is 0 Å². The van der Waals surface area contributed by atoms with E-state index in [9.17, 15) is 4.79 Å². The Morgan fingerprint density at radius 2 is 2.15 bits per heavy atom. The number of halogens is 1. The van der Waals surface area contributed by atoms with E-state index in [1.54, 1.807) is 0 Å².